The molecule has 0 saturated heterocycles. The lowest BCUT2D eigenvalue weighted by molar-refractivity contribution is 0.112. The van der Waals surface area contributed by atoms with E-state index in [0.29, 0.717) is 36.0 Å². The Balaban J connectivity index is 2.14. The largest absolute Gasteiger partial charge is 0.493 e. The van der Waals surface area contributed by atoms with Crippen molar-refractivity contribution in [3.63, 3.8) is 0 Å². The van der Waals surface area contributed by atoms with Gasteiger partial charge in [-0.2, -0.15) is 0 Å². The van der Waals surface area contributed by atoms with Gasteiger partial charge in [0.2, 0.25) is 5.75 Å². The maximum absolute atomic E-state index is 10.9. The van der Waals surface area contributed by atoms with Crippen LogP contribution in [-0.2, 0) is 6.54 Å². The molecule has 1 aromatic heterocycles. The lowest BCUT2D eigenvalue weighted by Gasteiger charge is -2.15. The number of nitrogens with zero attached hydrogens (tertiary/aromatic N) is 2. The molecule has 0 atom stereocenters. The summed E-state index contributed by atoms with van der Waals surface area (Å²) in [6.07, 6.45) is 6.01. The molecule has 0 N–H and O–H groups in total. The molecule has 0 bridgehead atoms. The first-order valence-corrected chi connectivity index (χ1v) is 6.08. The molecule has 0 aliphatic rings. The number of methoxy groups -OCH3 is 2. The van der Waals surface area contributed by atoms with Gasteiger partial charge in [0.15, 0.2) is 11.5 Å². The molecule has 0 spiro atoms. The normalized spacial score (nSPS) is 10.1. The summed E-state index contributed by atoms with van der Waals surface area (Å²) >= 11 is 0. The molecule has 20 heavy (non-hydrogen) atoms. The standard InChI is InChI=1S/C14H16N2O4/c1-18-12-7-11(9-17)8-13(19-2)14(12)20-6-5-16-4-3-15-10-16/h3-4,7-10H,5-6H2,1-2H3. The van der Waals surface area contributed by atoms with Crippen LogP contribution in [0.15, 0.2) is 30.9 Å². The van der Waals surface area contributed by atoms with E-state index in [0.717, 1.165) is 6.29 Å². The second-order valence-electron chi connectivity index (χ2n) is 4.02. The molecule has 0 unspecified atom stereocenters. The van der Waals surface area contributed by atoms with Crippen molar-refractivity contribution in [2.45, 2.75) is 6.54 Å². The zero-order valence-electron chi connectivity index (χ0n) is 11.4. The number of hydrogen-bond acceptors (Lipinski definition) is 5. The summed E-state index contributed by atoms with van der Waals surface area (Å²) in [4.78, 5) is 14.8. The number of carbonyl (C=O) groups is 1. The quantitative estimate of drug-likeness (QED) is 0.721. The highest BCUT2D eigenvalue weighted by atomic mass is 16.5. The first kappa shape index (κ1) is 13.9. The maximum Gasteiger partial charge on any atom is 0.203 e. The Bertz CT molecular complexity index is 542. The second kappa shape index (κ2) is 6.60. The lowest BCUT2D eigenvalue weighted by Crippen LogP contribution is -2.08. The minimum atomic E-state index is 0.434. The number of aldehydes is 1. The highest BCUT2D eigenvalue weighted by molar-refractivity contribution is 5.78. The average molecular weight is 276 g/mol. The van der Waals surface area contributed by atoms with Crippen molar-refractivity contribution in [2.75, 3.05) is 20.8 Å². The highest BCUT2D eigenvalue weighted by Gasteiger charge is 2.14. The number of aromatic nitrogens is 2. The Morgan fingerprint density at radius 3 is 2.45 bits per heavy atom. The van der Waals surface area contributed by atoms with E-state index in [1.54, 1.807) is 24.7 Å². The molecule has 1 heterocycles. The Morgan fingerprint density at radius 1 is 1.25 bits per heavy atom. The van der Waals surface area contributed by atoms with E-state index in [1.807, 2.05) is 10.8 Å². The van der Waals surface area contributed by atoms with Gasteiger partial charge in [-0.1, -0.05) is 0 Å². The Labute approximate surface area is 116 Å². The van der Waals surface area contributed by atoms with Crippen LogP contribution in [0.1, 0.15) is 10.4 Å². The summed E-state index contributed by atoms with van der Waals surface area (Å²) in [7, 11) is 3.04. The van der Waals surface area contributed by atoms with Gasteiger partial charge in [-0.3, -0.25) is 4.79 Å². The van der Waals surface area contributed by atoms with E-state index < -0.39 is 0 Å². The van der Waals surface area contributed by atoms with Crippen molar-refractivity contribution in [1.82, 2.24) is 9.55 Å². The molecule has 6 nitrogen and oxygen atoms in total. The van der Waals surface area contributed by atoms with Crippen molar-refractivity contribution >= 4 is 6.29 Å². The summed E-state index contributed by atoms with van der Waals surface area (Å²) in [5, 5.41) is 0. The van der Waals surface area contributed by atoms with Gasteiger partial charge in [0.1, 0.15) is 12.9 Å². The van der Waals surface area contributed by atoms with Crippen LogP contribution in [0.3, 0.4) is 0 Å². The van der Waals surface area contributed by atoms with Gasteiger partial charge < -0.3 is 18.8 Å². The number of rotatable bonds is 7. The topological polar surface area (TPSA) is 62.6 Å². The molecule has 0 fully saturated rings. The third kappa shape index (κ3) is 3.09. The van der Waals surface area contributed by atoms with Gasteiger partial charge in [-0.15, -0.1) is 0 Å². The van der Waals surface area contributed by atoms with Crippen molar-refractivity contribution in [3.05, 3.63) is 36.4 Å². The van der Waals surface area contributed by atoms with Crippen LogP contribution in [0, 0.1) is 0 Å². The summed E-state index contributed by atoms with van der Waals surface area (Å²) < 4.78 is 18.1. The molecule has 0 radical (unpaired) electrons. The summed E-state index contributed by atoms with van der Waals surface area (Å²) in [6, 6.07) is 3.23. The van der Waals surface area contributed by atoms with Crippen molar-refractivity contribution in [3.8, 4) is 17.2 Å². The zero-order chi connectivity index (χ0) is 14.4. The van der Waals surface area contributed by atoms with Crippen molar-refractivity contribution < 1.29 is 19.0 Å². The summed E-state index contributed by atoms with van der Waals surface area (Å²) in [6.45, 7) is 1.09. The third-order valence-corrected chi connectivity index (χ3v) is 2.77. The minimum absolute atomic E-state index is 0.434. The number of carbonyl (C=O) groups excluding carboxylic acids is 1. The van der Waals surface area contributed by atoms with E-state index in [9.17, 15) is 4.79 Å². The first-order valence-electron chi connectivity index (χ1n) is 6.08. The van der Waals surface area contributed by atoms with Gasteiger partial charge in [0.05, 0.1) is 27.1 Å². The van der Waals surface area contributed by atoms with E-state index in [-0.39, 0.29) is 0 Å². The molecule has 2 aromatic rings. The van der Waals surface area contributed by atoms with Crippen LogP contribution in [-0.4, -0.2) is 36.7 Å². The Kier molecular flexibility index (Phi) is 4.60. The molecule has 106 valence electrons. The number of ether oxygens (including phenoxy) is 3. The van der Waals surface area contributed by atoms with Crippen molar-refractivity contribution in [2.24, 2.45) is 0 Å². The fourth-order valence-corrected chi connectivity index (χ4v) is 1.78. The van der Waals surface area contributed by atoms with Crippen LogP contribution in [0.2, 0.25) is 0 Å². The van der Waals surface area contributed by atoms with Crippen LogP contribution < -0.4 is 14.2 Å². The monoisotopic (exact) mass is 276 g/mol. The van der Waals surface area contributed by atoms with Crippen LogP contribution in [0.5, 0.6) is 17.2 Å². The van der Waals surface area contributed by atoms with E-state index in [1.165, 1.54) is 14.2 Å². The summed E-state index contributed by atoms with van der Waals surface area (Å²) in [5.41, 5.74) is 0.473. The van der Waals surface area contributed by atoms with E-state index in [2.05, 4.69) is 4.98 Å². The molecule has 0 saturated carbocycles. The molecule has 2 rings (SSSR count). The fourth-order valence-electron chi connectivity index (χ4n) is 1.78. The third-order valence-electron chi connectivity index (χ3n) is 2.77. The molecule has 0 aliphatic heterocycles. The second-order valence-corrected chi connectivity index (χ2v) is 4.02. The molecule has 0 aliphatic carbocycles. The van der Waals surface area contributed by atoms with Crippen LogP contribution in [0.4, 0.5) is 0 Å². The number of hydrogen-bond donors (Lipinski definition) is 0. The highest BCUT2D eigenvalue weighted by Crippen LogP contribution is 2.38. The molecule has 0 amide bonds. The molecule has 6 heteroatoms. The van der Waals surface area contributed by atoms with E-state index >= 15 is 0 Å². The predicted octanol–water partition coefficient (Wildman–Crippen LogP) is 1.79. The van der Waals surface area contributed by atoms with Crippen LogP contribution >= 0.6 is 0 Å². The Morgan fingerprint density at radius 2 is 1.95 bits per heavy atom. The van der Waals surface area contributed by atoms with Gasteiger partial charge in [-0.05, 0) is 12.1 Å². The van der Waals surface area contributed by atoms with Crippen LogP contribution in [0.25, 0.3) is 0 Å². The summed E-state index contributed by atoms with van der Waals surface area (Å²) in [5.74, 6) is 1.43. The first-order chi connectivity index (χ1) is 9.78. The van der Waals surface area contributed by atoms with Crippen molar-refractivity contribution in [1.29, 1.82) is 0 Å². The van der Waals surface area contributed by atoms with Gasteiger partial charge in [0.25, 0.3) is 0 Å². The number of benzene rings is 1. The molecular weight excluding hydrogens is 260 g/mol. The smallest absolute Gasteiger partial charge is 0.203 e. The number of imidazole rings is 1. The lowest BCUT2D eigenvalue weighted by atomic mass is 10.2. The van der Waals surface area contributed by atoms with Gasteiger partial charge in [-0.25, -0.2) is 4.98 Å². The Hall–Kier alpha value is -2.50. The molecule has 1 aromatic carbocycles. The SMILES string of the molecule is COc1cc(C=O)cc(OC)c1OCCn1ccnc1. The van der Waals surface area contributed by atoms with E-state index in [4.69, 9.17) is 14.2 Å². The molecular formula is C14H16N2O4. The predicted molar refractivity (Wildman–Crippen MR) is 72.7 cm³/mol. The maximum atomic E-state index is 10.9. The minimum Gasteiger partial charge on any atom is -0.493 e. The van der Waals surface area contributed by atoms with Gasteiger partial charge >= 0.3 is 0 Å². The average Bonchev–Trinajstić information content (AvgIpc) is 3.00. The fraction of sp³-hybridized carbons (Fsp3) is 0.286. The van der Waals surface area contributed by atoms with Gasteiger partial charge in [0, 0.05) is 18.0 Å². The zero-order valence-corrected chi connectivity index (χ0v) is 11.4.